The Morgan fingerprint density at radius 3 is 2.28 bits per heavy atom. The van der Waals surface area contributed by atoms with Gasteiger partial charge in [-0.3, -0.25) is 14.5 Å². The molecule has 1 N–H and O–H groups in total. The number of hydrogen-bond donors (Lipinski definition) is 1. The predicted molar refractivity (Wildman–Crippen MR) is 67.2 cm³/mol. The summed E-state index contributed by atoms with van der Waals surface area (Å²) in [5.74, 6) is -0.847. The van der Waals surface area contributed by atoms with Gasteiger partial charge in [0.1, 0.15) is 0 Å². The smallest absolute Gasteiger partial charge is 0.306 e. The molecule has 2 rings (SSSR count). The van der Waals surface area contributed by atoms with Crippen molar-refractivity contribution in [3.05, 3.63) is 0 Å². The van der Waals surface area contributed by atoms with Gasteiger partial charge in [-0.25, -0.2) is 0 Å². The summed E-state index contributed by atoms with van der Waals surface area (Å²) >= 11 is 0. The van der Waals surface area contributed by atoms with Crippen LogP contribution in [0.15, 0.2) is 0 Å². The van der Waals surface area contributed by atoms with E-state index >= 15 is 0 Å². The minimum absolute atomic E-state index is 0.147. The van der Waals surface area contributed by atoms with Crippen LogP contribution in [0.4, 0.5) is 0 Å². The van der Waals surface area contributed by atoms with Crippen molar-refractivity contribution < 1.29 is 14.7 Å². The molecule has 5 nitrogen and oxygen atoms in total. The van der Waals surface area contributed by atoms with Gasteiger partial charge in [0, 0.05) is 19.1 Å². The molecule has 0 aromatic rings. The van der Waals surface area contributed by atoms with E-state index in [-0.39, 0.29) is 11.8 Å². The van der Waals surface area contributed by atoms with Crippen molar-refractivity contribution >= 4 is 11.9 Å². The summed E-state index contributed by atoms with van der Waals surface area (Å²) in [6.07, 6.45) is 4.85. The van der Waals surface area contributed by atoms with E-state index in [4.69, 9.17) is 5.11 Å². The fourth-order valence-corrected chi connectivity index (χ4v) is 2.65. The van der Waals surface area contributed by atoms with Crippen molar-refractivity contribution in [2.24, 2.45) is 5.92 Å². The fourth-order valence-electron chi connectivity index (χ4n) is 2.65. The van der Waals surface area contributed by atoms with Crippen LogP contribution in [-0.4, -0.2) is 59.5 Å². The summed E-state index contributed by atoms with van der Waals surface area (Å²) in [5.41, 5.74) is 0. The highest BCUT2D eigenvalue weighted by Crippen LogP contribution is 2.24. The summed E-state index contributed by atoms with van der Waals surface area (Å²) in [4.78, 5) is 26.8. The summed E-state index contributed by atoms with van der Waals surface area (Å²) in [5, 5.41) is 8.91. The SMILES string of the molecule is CN(CC(=O)N1CCC(C(=O)O)CC1)C1CCC1. The second-order valence-electron chi connectivity index (χ2n) is 5.49. The van der Waals surface area contributed by atoms with Gasteiger partial charge < -0.3 is 10.0 Å². The molecular weight excluding hydrogens is 232 g/mol. The molecule has 102 valence electrons. The number of aliphatic carboxylic acids is 1. The molecule has 0 bridgehead atoms. The van der Waals surface area contributed by atoms with Gasteiger partial charge in [0.25, 0.3) is 0 Å². The van der Waals surface area contributed by atoms with Crippen LogP contribution in [0.25, 0.3) is 0 Å². The molecule has 1 saturated heterocycles. The van der Waals surface area contributed by atoms with Gasteiger partial charge in [-0.2, -0.15) is 0 Å². The molecule has 0 spiro atoms. The zero-order valence-electron chi connectivity index (χ0n) is 11.0. The molecule has 0 atom stereocenters. The Morgan fingerprint density at radius 2 is 1.83 bits per heavy atom. The number of nitrogens with zero attached hydrogens (tertiary/aromatic N) is 2. The van der Waals surface area contributed by atoms with Crippen LogP contribution < -0.4 is 0 Å². The first-order valence-corrected chi connectivity index (χ1v) is 6.78. The van der Waals surface area contributed by atoms with E-state index in [9.17, 15) is 9.59 Å². The average Bonchev–Trinajstić information content (AvgIpc) is 2.26. The predicted octanol–water partition coefficient (Wildman–Crippen LogP) is 0.794. The summed E-state index contributed by atoms with van der Waals surface area (Å²) < 4.78 is 0. The van der Waals surface area contributed by atoms with E-state index in [1.165, 1.54) is 19.3 Å². The maximum atomic E-state index is 12.1. The lowest BCUT2D eigenvalue weighted by Gasteiger charge is -2.36. The highest BCUT2D eigenvalue weighted by atomic mass is 16.4. The first-order chi connectivity index (χ1) is 8.58. The van der Waals surface area contributed by atoms with Crippen LogP contribution in [-0.2, 0) is 9.59 Å². The second kappa shape index (κ2) is 5.69. The molecule has 2 aliphatic rings. The summed E-state index contributed by atoms with van der Waals surface area (Å²) in [6, 6.07) is 0.575. The number of likely N-dealkylation sites (N-methyl/N-ethyl adjacent to an activating group) is 1. The lowest BCUT2D eigenvalue weighted by atomic mass is 9.92. The number of hydrogen-bond acceptors (Lipinski definition) is 3. The molecule has 18 heavy (non-hydrogen) atoms. The van der Waals surface area contributed by atoms with Crippen LogP contribution >= 0.6 is 0 Å². The Bertz CT molecular complexity index is 320. The Kier molecular flexibility index (Phi) is 4.22. The zero-order valence-corrected chi connectivity index (χ0v) is 11.0. The van der Waals surface area contributed by atoms with E-state index in [1.807, 2.05) is 11.9 Å². The van der Waals surface area contributed by atoms with E-state index in [2.05, 4.69) is 4.90 Å². The Hall–Kier alpha value is -1.10. The van der Waals surface area contributed by atoms with Gasteiger partial charge in [-0.05, 0) is 32.7 Å². The third-order valence-electron chi connectivity index (χ3n) is 4.28. The molecule has 1 heterocycles. The Morgan fingerprint density at radius 1 is 1.22 bits per heavy atom. The van der Waals surface area contributed by atoms with Gasteiger partial charge in [0.05, 0.1) is 12.5 Å². The quantitative estimate of drug-likeness (QED) is 0.806. The van der Waals surface area contributed by atoms with E-state index < -0.39 is 5.97 Å². The number of carbonyl (C=O) groups is 2. The lowest BCUT2D eigenvalue weighted by molar-refractivity contribution is -0.146. The molecule has 5 heteroatoms. The molecule has 0 aromatic carbocycles. The highest BCUT2D eigenvalue weighted by Gasteiger charge is 2.29. The standard InChI is InChI=1S/C13H22N2O3/c1-14(11-3-2-4-11)9-12(16)15-7-5-10(6-8-15)13(17)18/h10-11H,2-9H2,1H3,(H,17,18). The van der Waals surface area contributed by atoms with Crippen molar-refractivity contribution in [1.82, 2.24) is 9.80 Å². The van der Waals surface area contributed by atoms with Crippen molar-refractivity contribution in [2.45, 2.75) is 38.1 Å². The largest absolute Gasteiger partial charge is 0.481 e. The summed E-state index contributed by atoms with van der Waals surface area (Å²) in [7, 11) is 2.01. The van der Waals surface area contributed by atoms with E-state index in [0.717, 1.165) is 0 Å². The Balaban J connectivity index is 1.75. The molecule has 0 unspecified atom stereocenters. The monoisotopic (exact) mass is 254 g/mol. The zero-order chi connectivity index (χ0) is 13.1. The third-order valence-corrected chi connectivity index (χ3v) is 4.28. The van der Waals surface area contributed by atoms with Crippen LogP contribution in [0.1, 0.15) is 32.1 Å². The topological polar surface area (TPSA) is 60.9 Å². The molecule has 0 aromatic heterocycles. The number of carboxylic acid groups (broad SMARTS) is 1. The van der Waals surface area contributed by atoms with Crippen LogP contribution in [0.3, 0.4) is 0 Å². The maximum Gasteiger partial charge on any atom is 0.306 e. The van der Waals surface area contributed by atoms with Crippen molar-refractivity contribution in [3.8, 4) is 0 Å². The number of piperidine rings is 1. The molecular formula is C13H22N2O3. The first kappa shape index (κ1) is 13.3. The minimum Gasteiger partial charge on any atom is -0.481 e. The van der Waals surface area contributed by atoms with Gasteiger partial charge in [0.2, 0.25) is 5.91 Å². The van der Waals surface area contributed by atoms with Crippen molar-refractivity contribution in [3.63, 3.8) is 0 Å². The molecule has 1 aliphatic carbocycles. The molecule has 1 saturated carbocycles. The second-order valence-corrected chi connectivity index (χ2v) is 5.49. The van der Waals surface area contributed by atoms with Gasteiger partial charge in [-0.1, -0.05) is 6.42 Å². The van der Waals surface area contributed by atoms with Crippen molar-refractivity contribution in [2.75, 3.05) is 26.7 Å². The Labute approximate surface area is 108 Å². The number of carbonyl (C=O) groups excluding carboxylic acids is 1. The lowest BCUT2D eigenvalue weighted by Crippen LogP contribution is -2.47. The molecule has 2 fully saturated rings. The first-order valence-electron chi connectivity index (χ1n) is 6.78. The third kappa shape index (κ3) is 3.02. The van der Waals surface area contributed by atoms with Crippen LogP contribution in [0.5, 0.6) is 0 Å². The number of likely N-dealkylation sites (tertiary alicyclic amines) is 1. The fraction of sp³-hybridized carbons (Fsp3) is 0.846. The summed E-state index contributed by atoms with van der Waals surface area (Å²) in [6.45, 7) is 1.66. The van der Waals surface area contributed by atoms with Crippen molar-refractivity contribution in [1.29, 1.82) is 0 Å². The molecule has 1 amide bonds. The normalized spacial score (nSPS) is 22.0. The maximum absolute atomic E-state index is 12.1. The van der Waals surface area contributed by atoms with Gasteiger partial charge in [0.15, 0.2) is 0 Å². The minimum atomic E-state index is -0.728. The van der Waals surface area contributed by atoms with Crippen LogP contribution in [0, 0.1) is 5.92 Å². The number of carboxylic acids is 1. The average molecular weight is 254 g/mol. The van der Waals surface area contributed by atoms with E-state index in [0.29, 0.717) is 38.5 Å². The van der Waals surface area contributed by atoms with E-state index in [1.54, 1.807) is 0 Å². The van der Waals surface area contributed by atoms with Crippen LogP contribution in [0.2, 0.25) is 0 Å². The molecule has 0 radical (unpaired) electrons. The number of rotatable bonds is 4. The van der Waals surface area contributed by atoms with Gasteiger partial charge in [-0.15, -0.1) is 0 Å². The molecule has 1 aliphatic heterocycles. The highest BCUT2D eigenvalue weighted by molar-refractivity contribution is 5.79. The number of amides is 1. The van der Waals surface area contributed by atoms with Gasteiger partial charge >= 0.3 is 5.97 Å².